The molecule has 0 saturated carbocycles. The van der Waals surface area contributed by atoms with Gasteiger partial charge in [-0.05, 0) is 67.1 Å². The van der Waals surface area contributed by atoms with Crippen LogP contribution >= 0.6 is 0 Å². The molecule has 0 unspecified atom stereocenters. The van der Waals surface area contributed by atoms with Crippen molar-refractivity contribution in [2.24, 2.45) is 0 Å². The molecular weight excluding hydrogens is 546 g/mol. The Morgan fingerprint density at radius 1 is 0.780 bits per heavy atom. The van der Waals surface area contributed by atoms with Crippen LogP contribution in [0.3, 0.4) is 0 Å². The van der Waals surface area contributed by atoms with Crippen LogP contribution < -0.4 is 5.32 Å². The van der Waals surface area contributed by atoms with Gasteiger partial charge in [0.2, 0.25) is 6.41 Å². The first-order chi connectivity index (χ1) is 19.4. The van der Waals surface area contributed by atoms with E-state index in [1.165, 1.54) is 0 Å². The molecule has 0 atom stereocenters. The fourth-order valence-electron chi connectivity index (χ4n) is 5.74. The van der Waals surface area contributed by atoms with Crippen LogP contribution in [-0.4, -0.2) is 42.6 Å². The number of halogens is 6. The normalized spacial score (nSPS) is 16.4. The van der Waals surface area contributed by atoms with Crippen LogP contribution in [0.2, 0.25) is 0 Å². The van der Waals surface area contributed by atoms with E-state index >= 15 is 0 Å². The van der Waals surface area contributed by atoms with Gasteiger partial charge in [0, 0.05) is 25.0 Å². The molecule has 4 rings (SSSR count). The summed E-state index contributed by atoms with van der Waals surface area (Å²) >= 11 is 0. The number of nitrogens with zero attached hydrogens (tertiary/aromatic N) is 1. The van der Waals surface area contributed by atoms with Crippen molar-refractivity contribution in [1.29, 1.82) is 0 Å². The molecule has 4 nitrogen and oxygen atoms in total. The maximum absolute atomic E-state index is 13.4. The van der Waals surface area contributed by atoms with Gasteiger partial charge in [-0.3, -0.25) is 4.79 Å². The predicted molar refractivity (Wildman–Crippen MR) is 143 cm³/mol. The summed E-state index contributed by atoms with van der Waals surface area (Å²) in [5, 5.41) is 14.0. The van der Waals surface area contributed by atoms with Crippen LogP contribution in [0.5, 0.6) is 0 Å². The monoisotopic (exact) mass is 578 g/mol. The molecule has 3 aromatic carbocycles. The van der Waals surface area contributed by atoms with E-state index in [4.69, 9.17) is 0 Å². The second-order valence-electron chi connectivity index (χ2n) is 10.6. The molecule has 1 saturated heterocycles. The zero-order valence-corrected chi connectivity index (χ0v) is 22.3. The van der Waals surface area contributed by atoms with E-state index in [1.807, 2.05) is 60.7 Å². The summed E-state index contributed by atoms with van der Waals surface area (Å²) < 4.78 is 80.2. The molecule has 1 amide bonds. The summed E-state index contributed by atoms with van der Waals surface area (Å²) in [6.07, 6.45) is -7.91. The van der Waals surface area contributed by atoms with Crippen LogP contribution in [0, 0.1) is 0 Å². The molecule has 2 N–H and O–H groups in total. The number of aliphatic hydroxyl groups is 1. The SMILES string of the molecule is O=CNCC(CCCN1CCC(O)(c2cc(C(F)(F)F)cc(C(F)(F)F)c2)CC1)(c1ccccc1)c1ccccc1. The third-order valence-corrected chi connectivity index (χ3v) is 8.03. The van der Waals surface area contributed by atoms with E-state index in [9.17, 15) is 36.2 Å². The minimum atomic E-state index is -4.98. The molecule has 1 aliphatic rings. The van der Waals surface area contributed by atoms with Gasteiger partial charge in [-0.2, -0.15) is 26.3 Å². The number of amides is 1. The first-order valence-electron chi connectivity index (χ1n) is 13.4. The average molecular weight is 579 g/mol. The first kappa shape index (κ1) is 30.6. The molecule has 3 aromatic rings. The fourth-order valence-corrected chi connectivity index (χ4v) is 5.74. The highest BCUT2D eigenvalue weighted by molar-refractivity contribution is 5.49. The number of benzene rings is 3. The Balaban J connectivity index is 1.49. The molecule has 0 aliphatic carbocycles. The van der Waals surface area contributed by atoms with Gasteiger partial charge < -0.3 is 15.3 Å². The maximum Gasteiger partial charge on any atom is 0.416 e. The number of rotatable bonds is 10. The number of likely N-dealkylation sites (tertiary alicyclic amines) is 1. The van der Waals surface area contributed by atoms with Gasteiger partial charge in [-0.25, -0.2) is 0 Å². The largest absolute Gasteiger partial charge is 0.416 e. The van der Waals surface area contributed by atoms with E-state index in [2.05, 4.69) is 10.2 Å². The van der Waals surface area contributed by atoms with Gasteiger partial charge in [-0.15, -0.1) is 0 Å². The van der Waals surface area contributed by atoms with Gasteiger partial charge >= 0.3 is 12.4 Å². The zero-order valence-electron chi connectivity index (χ0n) is 22.3. The van der Waals surface area contributed by atoms with Crippen molar-refractivity contribution in [3.05, 3.63) is 107 Å². The van der Waals surface area contributed by atoms with E-state index in [0.717, 1.165) is 11.1 Å². The Morgan fingerprint density at radius 3 is 1.71 bits per heavy atom. The van der Waals surface area contributed by atoms with Gasteiger partial charge in [0.1, 0.15) is 0 Å². The number of nitrogens with one attached hydrogen (secondary N) is 1. The molecule has 1 heterocycles. The van der Waals surface area contributed by atoms with Crippen LogP contribution in [0.4, 0.5) is 26.3 Å². The van der Waals surface area contributed by atoms with Gasteiger partial charge in [0.25, 0.3) is 0 Å². The third-order valence-electron chi connectivity index (χ3n) is 8.03. The lowest BCUT2D eigenvalue weighted by atomic mass is 9.71. The highest BCUT2D eigenvalue weighted by atomic mass is 19.4. The third kappa shape index (κ3) is 7.11. The van der Waals surface area contributed by atoms with Gasteiger partial charge in [0.05, 0.1) is 16.7 Å². The van der Waals surface area contributed by atoms with Gasteiger partial charge in [-0.1, -0.05) is 60.7 Å². The molecule has 0 spiro atoms. The zero-order chi connectivity index (χ0) is 29.7. The Kier molecular flexibility index (Phi) is 9.13. The van der Waals surface area contributed by atoms with Crippen molar-refractivity contribution in [3.8, 4) is 0 Å². The van der Waals surface area contributed by atoms with Gasteiger partial charge in [0.15, 0.2) is 0 Å². The lowest BCUT2D eigenvalue weighted by Gasteiger charge is -2.40. The number of alkyl halides is 6. The van der Waals surface area contributed by atoms with Crippen LogP contribution in [-0.2, 0) is 28.2 Å². The summed E-state index contributed by atoms with van der Waals surface area (Å²) in [7, 11) is 0. The van der Waals surface area contributed by atoms with Crippen molar-refractivity contribution in [2.75, 3.05) is 26.2 Å². The van der Waals surface area contributed by atoms with Crippen LogP contribution in [0.1, 0.15) is 53.5 Å². The van der Waals surface area contributed by atoms with Crippen LogP contribution in [0.15, 0.2) is 78.9 Å². The molecule has 0 bridgehead atoms. The first-order valence-corrected chi connectivity index (χ1v) is 13.4. The molecule has 220 valence electrons. The van der Waals surface area contributed by atoms with Crippen molar-refractivity contribution in [2.45, 2.75) is 49.1 Å². The van der Waals surface area contributed by atoms with Crippen LogP contribution in [0.25, 0.3) is 0 Å². The second-order valence-corrected chi connectivity index (χ2v) is 10.6. The van der Waals surface area contributed by atoms with Crippen molar-refractivity contribution in [3.63, 3.8) is 0 Å². The standard InChI is InChI=1S/C31H32F6N2O2/c32-30(33,34)26-18-25(19-27(20-26)31(35,36)37)29(41)13-16-39(17-14-29)15-7-12-28(21-38-22-40,23-8-3-1-4-9-23)24-10-5-2-6-11-24/h1-6,8-11,18-20,22,41H,7,12-17,21H2,(H,38,40). The Labute approximate surface area is 235 Å². The quantitative estimate of drug-likeness (QED) is 0.213. The van der Waals surface area contributed by atoms with Crippen molar-refractivity contribution < 1.29 is 36.2 Å². The smallest absolute Gasteiger partial charge is 0.385 e. The predicted octanol–water partition coefficient (Wildman–Crippen LogP) is 6.52. The highest BCUT2D eigenvalue weighted by Gasteiger charge is 2.41. The van der Waals surface area contributed by atoms with E-state index in [1.54, 1.807) is 0 Å². The summed E-state index contributed by atoms with van der Waals surface area (Å²) in [5.41, 5.74) is -3.46. The minimum Gasteiger partial charge on any atom is -0.385 e. The molecule has 10 heteroatoms. The van der Waals surface area contributed by atoms with Crippen molar-refractivity contribution >= 4 is 6.41 Å². The topological polar surface area (TPSA) is 52.6 Å². The number of carbonyl (C=O) groups is 1. The Morgan fingerprint density at radius 2 is 1.27 bits per heavy atom. The van der Waals surface area contributed by atoms with E-state index < -0.39 is 34.5 Å². The number of carbonyl (C=O) groups excluding carboxylic acids is 1. The Bertz CT molecular complexity index is 1220. The maximum atomic E-state index is 13.4. The van der Waals surface area contributed by atoms with Crippen molar-refractivity contribution in [1.82, 2.24) is 10.2 Å². The number of piperidine rings is 1. The molecule has 0 radical (unpaired) electrons. The van der Waals surface area contributed by atoms with E-state index in [0.29, 0.717) is 57.6 Å². The lowest BCUT2D eigenvalue weighted by Crippen LogP contribution is -2.44. The Hall–Kier alpha value is -3.37. The summed E-state index contributed by atoms with van der Waals surface area (Å²) in [6.45, 7) is 1.60. The summed E-state index contributed by atoms with van der Waals surface area (Å²) in [4.78, 5) is 13.4. The fraction of sp³-hybridized carbons (Fsp3) is 0.387. The summed E-state index contributed by atoms with van der Waals surface area (Å²) in [6, 6.07) is 21.0. The second kappa shape index (κ2) is 12.2. The molecule has 0 aromatic heterocycles. The minimum absolute atomic E-state index is 0.000812. The highest BCUT2D eigenvalue weighted by Crippen LogP contribution is 2.42. The van der Waals surface area contributed by atoms with E-state index in [-0.39, 0.29) is 24.5 Å². The number of hydrogen-bond donors (Lipinski definition) is 2. The lowest BCUT2D eigenvalue weighted by molar-refractivity contribution is -0.143. The molecular formula is C31H32F6N2O2. The molecule has 41 heavy (non-hydrogen) atoms. The number of hydrogen-bond acceptors (Lipinski definition) is 3. The molecule has 1 aliphatic heterocycles. The average Bonchev–Trinajstić information content (AvgIpc) is 2.96. The molecule has 1 fully saturated rings. The summed E-state index contributed by atoms with van der Waals surface area (Å²) in [5.74, 6) is 0.